The molecule has 8 nitrogen and oxygen atoms in total. The molecule has 4 aromatic rings. The van der Waals surface area contributed by atoms with Crippen LogP contribution in [0.4, 0.5) is 10.3 Å². The van der Waals surface area contributed by atoms with Crippen molar-refractivity contribution in [3.05, 3.63) is 65.9 Å². The van der Waals surface area contributed by atoms with E-state index >= 15 is 0 Å². The number of aromatic nitrogens is 5. The topological polar surface area (TPSA) is 103 Å². The quantitative estimate of drug-likeness (QED) is 0.512. The predicted molar refractivity (Wildman–Crippen MR) is 111 cm³/mol. The van der Waals surface area contributed by atoms with E-state index in [0.717, 1.165) is 23.1 Å². The number of hydrogen-bond acceptors (Lipinski definition) is 5. The summed E-state index contributed by atoms with van der Waals surface area (Å²) in [5.41, 5.74) is 9.10. The number of nitrogen functional groups attached to an aromatic ring is 1. The summed E-state index contributed by atoms with van der Waals surface area (Å²) < 4.78 is 16.3. The van der Waals surface area contributed by atoms with Crippen molar-refractivity contribution in [2.45, 2.75) is 32.9 Å². The van der Waals surface area contributed by atoms with Crippen molar-refractivity contribution in [3.63, 3.8) is 0 Å². The van der Waals surface area contributed by atoms with Crippen molar-refractivity contribution >= 4 is 17.5 Å². The van der Waals surface area contributed by atoms with Gasteiger partial charge in [0.15, 0.2) is 5.65 Å². The van der Waals surface area contributed by atoms with Crippen LogP contribution in [0.3, 0.4) is 0 Å². The van der Waals surface area contributed by atoms with Crippen molar-refractivity contribution in [1.82, 2.24) is 29.7 Å². The van der Waals surface area contributed by atoms with Crippen LogP contribution >= 0.6 is 0 Å². The average Bonchev–Trinajstić information content (AvgIpc) is 3.34. The number of nitrogens with zero attached hydrogens (tertiary/aromatic N) is 5. The molecule has 0 aliphatic carbocycles. The van der Waals surface area contributed by atoms with Crippen LogP contribution in [0.1, 0.15) is 36.3 Å². The molecule has 0 radical (unpaired) electrons. The molecule has 0 spiro atoms. The summed E-state index contributed by atoms with van der Waals surface area (Å²) >= 11 is 0. The molecule has 1 amide bonds. The van der Waals surface area contributed by atoms with Crippen molar-refractivity contribution in [1.29, 1.82) is 0 Å². The van der Waals surface area contributed by atoms with Gasteiger partial charge >= 0.3 is 0 Å². The number of carbonyl (C=O) groups excluding carboxylic acids is 1. The highest BCUT2D eigenvalue weighted by atomic mass is 19.1. The van der Waals surface area contributed by atoms with Crippen LogP contribution in [0.5, 0.6) is 0 Å². The summed E-state index contributed by atoms with van der Waals surface area (Å²) in [4.78, 5) is 17.0. The standard InChI is InChI=1S/C21H22FN7O/c1-3-13(2)25-20(30)18-8-15(9-19-26-21(23)27-29(18)19)16-10-24-28(12-16)11-14-4-6-17(22)7-5-14/h4-10,12-13H,3,11H2,1-2H3,(H2,23,27)(H,25,30)/t13-/m0/s1. The van der Waals surface area contributed by atoms with Gasteiger partial charge in [-0.2, -0.15) is 10.1 Å². The molecular weight excluding hydrogens is 385 g/mol. The van der Waals surface area contributed by atoms with Gasteiger partial charge in [-0.3, -0.25) is 9.48 Å². The fourth-order valence-electron chi connectivity index (χ4n) is 3.10. The van der Waals surface area contributed by atoms with E-state index in [-0.39, 0.29) is 23.7 Å². The lowest BCUT2D eigenvalue weighted by molar-refractivity contribution is 0.0932. The van der Waals surface area contributed by atoms with Gasteiger partial charge in [0.2, 0.25) is 5.95 Å². The molecule has 9 heteroatoms. The van der Waals surface area contributed by atoms with Crippen LogP contribution in [-0.4, -0.2) is 36.3 Å². The maximum atomic E-state index is 13.1. The average molecular weight is 407 g/mol. The number of rotatable bonds is 6. The monoisotopic (exact) mass is 407 g/mol. The SMILES string of the molecule is CC[C@H](C)NC(=O)c1cc(-c2cnn(Cc3ccc(F)cc3)c2)cc2nc(N)nn12. The van der Waals surface area contributed by atoms with Gasteiger partial charge in [0.25, 0.3) is 5.91 Å². The summed E-state index contributed by atoms with van der Waals surface area (Å²) in [5.74, 6) is -0.430. The lowest BCUT2D eigenvalue weighted by Crippen LogP contribution is -2.33. The number of nitrogens with one attached hydrogen (secondary N) is 1. The van der Waals surface area contributed by atoms with E-state index in [1.807, 2.05) is 26.1 Å². The van der Waals surface area contributed by atoms with Crippen LogP contribution in [0, 0.1) is 5.82 Å². The molecule has 154 valence electrons. The molecule has 3 aromatic heterocycles. The zero-order valence-electron chi connectivity index (χ0n) is 16.7. The summed E-state index contributed by atoms with van der Waals surface area (Å²) in [5, 5.41) is 11.5. The number of nitrogens with two attached hydrogens (primary N) is 1. The van der Waals surface area contributed by atoms with Crippen molar-refractivity contribution in [3.8, 4) is 11.1 Å². The van der Waals surface area contributed by atoms with Crippen LogP contribution in [0.15, 0.2) is 48.8 Å². The number of carbonyl (C=O) groups is 1. The molecule has 1 atom stereocenters. The molecule has 3 N–H and O–H groups in total. The Bertz CT molecular complexity index is 1200. The second-order valence-corrected chi connectivity index (χ2v) is 7.21. The highest BCUT2D eigenvalue weighted by molar-refractivity contribution is 5.95. The van der Waals surface area contributed by atoms with Gasteiger partial charge < -0.3 is 11.1 Å². The molecule has 3 heterocycles. The van der Waals surface area contributed by atoms with Crippen molar-refractivity contribution in [2.24, 2.45) is 0 Å². The van der Waals surface area contributed by atoms with Gasteiger partial charge in [-0.1, -0.05) is 19.1 Å². The molecular formula is C21H22FN7O. The highest BCUT2D eigenvalue weighted by Gasteiger charge is 2.17. The van der Waals surface area contributed by atoms with Gasteiger partial charge in [-0.05, 0) is 48.7 Å². The largest absolute Gasteiger partial charge is 0.366 e. The van der Waals surface area contributed by atoms with E-state index in [1.54, 1.807) is 29.1 Å². The molecule has 4 rings (SSSR count). The number of fused-ring (bicyclic) bond motifs is 1. The fourth-order valence-corrected chi connectivity index (χ4v) is 3.10. The van der Waals surface area contributed by atoms with E-state index < -0.39 is 0 Å². The van der Waals surface area contributed by atoms with Crippen LogP contribution in [0.25, 0.3) is 16.8 Å². The first-order valence-corrected chi connectivity index (χ1v) is 9.67. The normalized spacial score (nSPS) is 12.2. The Labute approximate surface area is 172 Å². The first kappa shape index (κ1) is 19.6. The molecule has 0 aliphatic rings. The molecule has 0 saturated carbocycles. The fraction of sp³-hybridized carbons (Fsp3) is 0.238. The Morgan fingerprint density at radius 3 is 2.73 bits per heavy atom. The lowest BCUT2D eigenvalue weighted by Gasteiger charge is -2.12. The van der Waals surface area contributed by atoms with E-state index in [4.69, 9.17) is 5.73 Å². The Morgan fingerprint density at radius 2 is 2.00 bits per heavy atom. The second-order valence-electron chi connectivity index (χ2n) is 7.21. The minimum Gasteiger partial charge on any atom is -0.366 e. The van der Waals surface area contributed by atoms with E-state index in [9.17, 15) is 9.18 Å². The Hall–Kier alpha value is -3.75. The third-order valence-electron chi connectivity index (χ3n) is 4.90. The third kappa shape index (κ3) is 4.00. The summed E-state index contributed by atoms with van der Waals surface area (Å²) in [6.45, 7) is 4.44. The molecule has 30 heavy (non-hydrogen) atoms. The smallest absolute Gasteiger partial charge is 0.270 e. The summed E-state index contributed by atoms with van der Waals surface area (Å²) in [7, 11) is 0. The van der Waals surface area contributed by atoms with Gasteiger partial charge in [-0.15, -0.1) is 5.10 Å². The van der Waals surface area contributed by atoms with Crippen molar-refractivity contribution in [2.75, 3.05) is 5.73 Å². The zero-order valence-corrected chi connectivity index (χ0v) is 16.7. The molecule has 0 bridgehead atoms. The van der Waals surface area contributed by atoms with Gasteiger partial charge in [0, 0.05) is 17.8 Å². The van der Waals surface area contributed by atoms with E-state index in [1.165, 1.54) is 16.6 Å². The number of anilines is 1. The predicted octanol–water partition coefficient (Wildman–Crippen LogP) is 2.89. The number of pyridine rings is 1. The van der Waals surface area contributed by atoms with E-state index in [0.29, 0.717) is 17.9 Å². The highest BCUT2D eigenvalue weighted by Crippen LogP contribution is 2.23. The molecule has 0 unspecified atom stereocenters. The molecule has 0 saturated heterocycles. The van der Waals surface area contributed by atoms with Crippen LogP contribution in [-0.2, 0) is 6.54 Å². The number of halogens is 1. The van der Waals surface area contributed by atoms with Gasteiger partial charge in [0.1, 0.15) is 11.5 Å². The first-order valence-electron chi connectivity index (χ1n) is 9.67. The van der Waals surface area contributed by atoms with Crippen molar-refractivity contribution < 1.29 is 9.18 Å². The molecule has 0 aliphatic heterocycles. The Balaban J connectivity index is 1.68. The van der Waals surface area contributed by atoms with Gasteiger partial charge in [-0.25, -0.2) is 8.91 Å². The summed E-state index contributed by atoms with van der Waals surface area (Å²) in [6.07, 6.45) is 4.39. The number of amides is 1. The summed E-state index contributed by atoms with van der Waals surface area (Å²) in [6, 6.07) is 9.87. The minimum atomic E-state index is -0.274. The van der Waals surface area contributed by atoms with Crippen LogP contribution in [0.2, 0.25) is 0 Å². The Kier molecular flexibility index (Phi) is 5.18. The maximum Gasteiger partial charge on any atom is 0.270 e. The third-order valence-corrected chi connectivity index (χ3v) is 4.90. The number of hydrogen-bond donors (Lipinski definition) is 2. The molecule has 0 fully saturated rings. The minimum absolute atomic E-state index is 0.0236. The van der Waals surface area contributed by atoms with E-state index in [2.05, 4.69) is 20.5 Å². The maximum absolute atomic E-state index is 13.1. The van der Waals surface area contributed by atoms with Crippen LogP contribution < -0.4 is 11.1 Å². The Morgan fingerprint density at radius 1 is 1.23 bits per heavy atom. The molecule has 1 aromatic carbocycles. The lowest BCUT2D eigenvalue weighted by atomic mass is 10.1. The zero-order chi connectivity index (χ0) is 21.3. The van der Waals surface area contributed by atoms with Gasteiger partial charge in [0.05, 0.1) is 12.7 Å². The number of benzene rings is 1. The first-order chi connectivity index (χ1) is 14.4. The second kappa shape index (κ2) is 7.94.